The fourth-order valence-corrected chi connectivity index (χ4v) is 3.65. The van der Waals surface area contributed by atoms with E-state index in [4.69, 9.17) is 23.0 Å². The topological polar surface area (TPSA) is 107 Å². The van der Waals surface area contributed by atoms with Gasteiger partial charge in [0.1, 0.15) is 5.54 Å². The van der Waals surface area contributed by atoms with Crippen LogP contribution in [0.5, 0.6) is 0 Å². The van der Waals surface area contributed by atoms with E-state index < -0.39 is 11.4 Å². The van der Waals surface area contributed by atoms with Gasteiger partial charge in [-0.15, -0.1) is 0 Å². The zero-order chi connectivity index (χ0) is 19.7. The fourth-order valence-electron chi connectivity index (χ4n) is 3.65. The zero-order valence-corrected chi connectivity index (χ0v) is 15.4. The van der Waals surface area contributed by atoms with E-state index in [1.807, 2.05) is 35.2 Å². The number of imidazole rings is 1. The third-order valence-electron chi connectivity index (χ3n) is 5.19. The van der Waals surface area contributed by atoms with Crippen molar-refractivity contribution >= 4 is 28.6 Å². The van der Waals surface area contributed by atoms with Crippen LogP contribution in [-0.2, 0) is 11.3 Å². The number of hydrogen-bond acceptors (Lipinski definition) is 5. The predicted molar refractivity (Wildman–Crippen MR) is 107 cm³/mol. The number of anilines is 1. The van der Waals surface area contributed by atoms with Gasteiger partial charge in [0.25, 0.3) is 0 Å². The standard InChI is InChI=1S/C20H21N7O/c1-23-14-7-8-15(24-11-14)12-27-17-6-3-2-5-16(17)25-19(27)26-10-4-9-20(22,13-26)18(21)28/h2-3,5-8,11H,4,9-10,12-13,22H2,(H2,21,28)/t20-/m0/s1. The Morgan fingerprint density at radius 1 is 1.29 bits per heavy atom. The summed E-state index contributed by atoms with van der Waals surface area (Å²) in [6.45, 7) is 8.65. The molecule has 28 heavy (non-hydrogen) atoms. The van der Waals surface area contributed by atoms with E-state index in [1.54, 1.807) is 12.3 Å². The van der Waals surface area contributed by atoms with Crippen molar-refractivity contribution in [3.8, 4) is 0 Å². The third kappa shape index (κ3) is 3.17. The molecule has 1 aromatic carbocycles. The summed E-state index contributed by atoms with van der Waals surface area (Å²) in [5.74, 6) is 0.254. The van der Waals surface area contributed by atoms with Crippen LogP contribution in [0.1, 0.15) is 18.5 Å². The molecule has 0 radical (unpaired) electrons. The fraction of sp³-hybridized carbons (Fsp3) is 0.300. The molecule has 4 N–H and O–H groups in total. The molecule has 1 atom stereocenters. The molecule has 0 spiro atoms. The average molecular weight is 375 g/mol. The molecule has 0 saturated carbocycles. The molecule has 142 valence electrons. The third-order valence-corrected chi connectivity index (χ3v) is 5.19. The number of benzene rings is 1. The number of nitrogens with zero attached hydrogens (tertiary/aromatic N) is 5. The number of carbonyl (C=O) groups excluding carboxylic acids is 1. The Balaban J connectivity index is 1.75. The Bertz CT molecular complexity index is 1070. The first-order valence-corrected chi connectivity index (χ1v) is 9.11. The molecule has 0 bridgehead atoms. The Hall–Kier alpha value is -3.44. The van der Waals surface area contributed by atoms with Crippen LogP contribution in [0.2, 0.25) is 0 Å². The van der Waals surface area contributed by atoms with Crippen LogP contribution in [0.25, 0.3) is 15.9 Å². The number of amides is 1. The van der Waals surface area contributed by atoms with Gasteiger partial charge in [-0.1, -0.05) is 18.2 Å². The van der Waals surface area contributed by atoms with Crippen molar-refractivity contribution in [3.63, 3.8) is 0 Å². The van der Waals surface area contributed by atoms with Gasteiger partial charge in [0.05, 0.1) is 29.8 Å². The number of para-hydroxylation sites is 2. The van der Waals surface area contributed by atoms with E-state index in [1.165, 1.54) is 0 Å². The lowest BCUT2D eigenvalue weighted by atomic mass is 9.89. The molecule has 1 fully saturated rings. The molecule has 2 aromatic heterocycles. The van der Waals surface area contributed by atoms with Crippen LogP contribution in [0.15, 0.2) is 42.6 Å². The van der Waals surface area contributed by atoms with E-state index in [9.17, 15) is 4.79 Å². The summed E-state index contributed by atoms with van der Waals surface area (Å²) in [4.78, 5) is 26.5. The lowest BCUT2D eigenvalue weighted by molar-refractivity contribution is -0.123. The molecule has 1 aliphatic rings. The van der Waals surface area contributed by atoms with Crippen LogP contribution >= 0.6 is 0 Å². The van der Waals surface area contributed by atoms with E-state index in [2.05, 4.69) is 14.4 Å². The van der Waals surface area contributed by atoms with E-state index in [-0.39, 0.29) is 0 Å². The van der Waals surface area contributed by atoms with Crippen molar-refractivity contribution in [3.05, 3.63) is 59.7 Å². The van der Waals surface area contributed by atoms with Crippen molar-refractivity contribution in [1.29, 1.82) is 0 Å². The highest BCUT2D eigenvalue weighted by molar-refractivity contribution is 5.86. The monoisotopic (exact) mass is 375 g/mol. The van der Waals surface area contributed by atoms with E-state index >= 15 is 0 Å². The number of aromatic nitrogens is 3. The number of pyridine rings is 1. The molecular formula is C20H21N7O. The first-order valence-electron chi connectivity index (χ1n) is 9.11. The summed E-state index contributed by atoms with van der Waals surface area (Å²) >= 11 is 0. The SMILES string of the molecule is [C-]#[N+]c1ccc(Cn2c(N3CCC[C@@](N)(C(N)=O)C3)nc3ccccc32)nc1. The van der Waals surface area contributed by atoms with Crippen molar-refractivity contribution in [2.75, 3.05) is 18.0 Å². The highest BCUT2D eigenvalue weighted by Gasteiger charge is 2.38. The summed E-state index contributed by atoms with van der Waals surface area (Å²) in [5, 5.41) is 0. The molecule has 8 heteroatoms. The molecule has 3 aromatic rings. The van der Waals surface area contributed by atoms with Crippen molar-refractivity contribution in [2.45, 2.75) is 24.9 Å². The van der Waals surface area contributed by atoms with Gasteiger partial charge in [0, 0.05) is 19.3 Å². The van der Waals surface area contributed by atoms with Crippen molar-refractivity contribution in [2.24, 2.45) is 11.5 Å². The van der Waals surface area contributed by atoms with E-state index in [0.29, 0.717) is 25.2 Å². The molecule has 1 saturated heterocycles. The first kappa shape index (κ1) is 17.9. The van der Waals surface area contributed by atoms with Gasteiger partial charge in [-0.05, 0) is 31.0 Å². The Morgan fingerprint density at radius 3 is 2.82 bits per heavy atom. The van der Waals surface area contributed by atoms with Gasteiger partial charge in [0.2, 0.25) is 17.5 Å². The van der Waals surface area contributed by atoms with Crippen molar-refractivity contribution < 1.29 is 4.79 Å². The maximum Gasteiger partial charge on any atom is 0.239 e. The molecule has 1 amide bonds. The molecule has 4 rings (SSSR count). The van der Waals surface area contributed by atoms with Crippen LogP contribution in [0.3, 0.4) is 0 Å². The predicted octanol–water partition coefficient (Wildman–Crippen LogP) is 1.81. The molecule has 0 aliphatic carbocycles. The maximum atomic E-state index is 11.9. The Kier molecular flexibility index (Phi) is 4.45. The summed E-state index contributed by atoms with van der Waals surface area (Å²) in [7, 11) is 0. The zero-order valence-electron chi connectivity index (χ0n) is 15.4. The van der Waals surface area contributed by atoms with Crippen LogP contribution in [0, 0.1) is 6.57 Å². The number of carbonyl (C=O) groups is 1. The lowest BCUT2D eigenvalue weighted by Crippen LogP contribution is -2.62. The number of rotatable bonds is 4. The van der Waals surface area contributed by atoms with Crippen LogP contribution < -0.4 is 16.4 Å². The van der Waals surface area contributed by atoms with Gasteiger partial charge >= 0.3 is 0 Å². The quantitative estimate of drug-likeness (QED) is 0.676. The van der Waals surface area contributed by atoms with Gasteiger partial charge < -0.3 is 20.9 Å². The first-order chi connectivity index (χ1) is 13.5. The van der Waals surface area contributed by atoms with Gasteiger partial charge in [0.15, 0.2) is 0 Å². The van der Waals surface area contributed by atoms with Gasteiger partial charge in [-0.3, -0.25) is 9.78 Å². The minimum Gasteiger partial charge on any atom is -0.368 e. The lowest BCUT2D eigenvalue weighted by Gasteiger charge is -2.38. The number of nitrogens with two attached hydrogens (primary N) is 2. The largest absolute Gasteiger partial charge is 0.368 e. The summed E-state index contributed by atoms with van der Waals surface area (Å²) in [5.41, 5.74) is 13.9. The highest BCUT2D eigenvalue weighted by Crippen LogP contribution is 2.28. The Morgan fingerprint density at radius 2 is 2.11 bits per heavy atom. The minimum atomic E-state index is -1.06. The van der Waals surface area contributed by atoms with Crippen LogP contribution in [0.4, 0.5) is 11.6 Å². The maximum absolute atomic E-state index is 11.9. The molecule has 3 heterocycles. The molecule has 0 unspecified atom stereocenters. The van der Waals surface area contributed by atoms with Crippen molar-refractivity contribution in [1.82, 2.24) is 14.5 Å². The normalized spacial score (nSPS) is 19.5. The smallest absolute Gasteiger partial charge is 0.239 e. The highest BCUT2D eigenvalue weighted by atomic mass is 16.1. The second-order valence-corrected chi connectivity index (χ2v) is 7.15. The number of primary amides is 1. The average Bonchev–Trinajstić information content (AvgIpc) is 3.07. The minimum absolute atomic E-state index is 0.329. The number of fused-ring (bicyclic) bond motifs is 1. The second-order valence-electron chi connectivity index (χ2n) is 7.15. The van der Waals surface area contributed by atoms with Gasteiger partial charge in [-0.25, -0.2) is 9.83 Å². The molecular weight excluding hydrogens is 354 g/mol. The van der Waals surface area contributed by atoms with Gasteiger partial charge in [-0.2, -0.15) is 0 Å². The Labute approximate surface area is 162 Å². The summed E-state index contributed by atoms with van der Waals surface area (Å²) in [6, 6.07) is 11.5. The molecule has 1 aliphatic heterocycles. The number of hydrogen-bond donors (Lipinski definition) is 2. The second kappa shape index (κ2) is 6.94. The van der Waals surface area contributed by atoms with Crippen LogP contribution in [-0.4, -0.2) is 39.1 Å². The number of piperidine rings is 1. The summed E-state index contributed by atoms with van der Waals surface area (Å²) in [6.07, 6.45) is 2.90. The van der Waals surface area contributed by atoms with E-state index in [0.717, 1.165) is 35.6 Å². The summed E-state index contributed by atoms with van der Waals surface area (Å²) < 4.78 is 2.07. The molecule has 8 nitrogen and oxygen atoms in total.